The van der Waals surface area contributed by atoms with Gasteiger partial charge in [0.05, 0.1) is 18.8 Å². The van der Waals surface area contributed by atoms with Crippen molar-refractivity contribution in [3.05, 3.63) is 23.9 Å². The second-order valence-corrected chi connectivity index (χ2v) is 7.28. The summed E-state index contributed by atoms with van der Waals surface area (Å²) in [6, 6.07) is 3.59. The summed E-state index contributed by atoms with van der Waals surface area (Å²) in [5.74, 6) is -2.97. The van der Waals surface area contributed by atoms with E-state index in [0.717, 1.165) is 6.07 Å². The number of piperidine rings is 1. The van der Waals surface area contributed by atoms with Crippen LogP contribution in [0.4, 0.5) is 39.5 Å². The lowest BCUT2D eigenvalue weighted by atomic mass is 10.1. The molecule has 4 rings (SSSR count). The van der Waals surface area contributed by atoms with Gasteiger partial charge in [-0.3, -0.25) is 4.79 Å². The number of ketones is 1. The van der Waals surface area contributed by atoms with Gasteiger partial charge in [0, 0.05) is 37.6 Å². The van der Waals surface area contributed by atoms with Gasteiger partial charge in [0.15, 0.2) is 5.69 Å². The van der Waals surface area contributed by atoms with Crippen molar-refractivity contribution in [1.29, 1.82) is 0 Å². The van der Waals surface area contributed by atoms with Crippen molar-refractivity contribution in [2.75, 3.05) is 41.7 Å². The van der Waals surface area contributed by atoms with Crippen molar-refractivity contribution in [3.63, 3.8) is 0 Å². The maximum atomic E-state index is 13.5. The third kappa shape index (κ3) is 3.98. The minimum atomic E-state index is -4.79. The summed E-state index contributed by atoms with van der Waals surface area (Å²) in [5.41, 5.74) is 3.76. The average molecular weight is 428 g/mol. The van der Waals surface area contributed by atoms with Crippen LogP contribution in [-0.4, -0.2) is 52.8 Å². The summed E-state index contributed by atoms with van der Waals surface area (Å²) >= 11 is 0. The normalized spacial score (nSPS) is 19.0. The molecule has 0 saturated carbocycles. The Morgan fingerprint density at radius 1 is 1.00 bits per heavy atom. The van der Waals surface area contributed by atoms with Crippen LogP contribution >= 0.6 is 0 Å². The molecule has 2 fully saturated rings. The van der Waals surface area contributed by atoms with E-state index in [1.54, 1.807) is 4.90 Å². The molecule has 2 aliphatic rings. The van der Waals surface area contributed by atoms with Crippen LogP contribution in [0.25, 0.3) is 11.3 Å². The fourth-order valence-electron chi connectivity index (χ4n) is 3.39. The molecule has 0 radical (unpaired) electrons. The van der Waals surface area contributed by atoms with E-state index in [9.17, 15) is 26.7 Å². The fourth-order valence-corrected chi connectivity index (χ4v) is 3.39. The number of nitrogen functional groups attached to an aromatic ring is 1. The lowest BCUT2D eigenvalue weighted by molar-refractivity contribution is -0.140. The number of anilines is 3. The molecule has 0 amide bonds. The Morgan fingerprint density at radius 3 is 2.27 bits per heavy atom. The van der Waals surface area contributed by atoms with Gasteiger partial charge in [0.2, 0.25) is 5.95 Å². The summed E-state index contributed by atoms with van der Waals surface area (Å²) < 4.78 is 67.3. The summed E-state index contributed by atoms with van der Waals surface area (Å²) in [7, 11) is 0. The molecule has 2 saturated heterocycles. The molecule has 2 aromatic heterocycles. The number of hydrogen-bond acceptors (Lipinski definition) is 7. The summed E-state index contributed by atoms with van der Waals surface area (Å²) in [5, 5.41) is 0. The first-order valence-electron chi connectivity index (χ1n) is 9.14. The van der Waals surface area contributed by atoms with Crippen LogP contribution in [0.2, 0.25) is 0 Å². The third-order valence-electron chi connectivity index (χ3n) is 4.93. The van der Waals surface area contributed by atoms with Crippen molar-refractivity contribution in [1.82, 2.24) is 15.0 Å². The van der Waals surface area contributed by atoms with Gasteiger partial charge in [-0.05, 0) is 12.1 Å². The fraction of sp³-hybridized carbons (Fsp3) is 0.444. The smallest absolute Gasteiger partial charge is 0.384 e. The topological polar surface area (TPSA) is 88.2 Å². The molecule has 0 spiro atoms. The first-order valence-corrected chi connectivity index (χ1v) is 9.14. The Morgan fingerprint density at radius 2 is 1.67 bits per heavy atom. The molecule has 0 unspecified atom stereocenters. The van der Waals surface area contributed by atoms with Gasteiger partial charge in [-0.1, -0.05) is 0 Å². The van der Waals surface area contributed by atoms with E-state index in [1.807, 2.05) is 0 Å². The van der Waals surface area contributed by atoms with Crippen LogP contribution in [0.5, 0.6) is 0 Å². The van der Waals surface area contributed by atoms with Crippen molar-refractivity contribution >= 4 is 23.4 Å². The van der Waals surface area contributed by atoms with Crippen LogP contribution in [-0.2, 0) is 11.0 Å². The Labute approximate surface area is 167 Å². The van der Waals surface area contributed by atoms with Crippen LogP contribution in [0.15, 0.2) is 18.2 Å². The first kappa shape index (κ1) is 20.2. The second-order valence-electron chi connectivity index (χ2n) is 7.28. The zero-order valence-corrected chi connectivity index (χ0v) is 15.6. The van der Waals surface area contributed by atoms with E-state index in [0.29, 0.717) is 13.1 Å². The highest BCUT2D eigenvalue weighted by Gasteiger charge is 2.45. The second kappa shape index (κ2) is 7.03. The molecule has 0 atom stereocenters. The van der Waals surface area contributed by atoms with Gasteiger partial charge in [-0.15, -0.1) is 0 Å². The van der Waals surface area contributed by atoms with Crippen LogP contribution in [0.1, 0.15) is 18.5 Å². The molecule has 2 aliphatic heterocycles. The van der Waals surface area contributed by atoms with E-state index in [4.69, 9.17) is 5.73 Å². The number of carbonyl (C=O) groups is 1. The molecule has 2 N–H and O–H groups in total. The number of Topliss-reactive ketones (excluding diaryl/α,β-unsaturated/α-hetero) is 1. The predicted octanol–water partition coefficient (Wildman–Crippen LogP) is 2.76. The van der Waals surface area contributed by atoms with Crippen LogP contribution in [0.3, 0.4) is 0 Å². The molecule has 0 aliphatic carbocycles. The third-order valence-corrected chi connectivity index (χ3v) is 4.93. The molecule has 160 valence electrons. The molecule has 7 nitrogen and oxygen atoms in total. The van der Waals surface area contributed by atoms with Crippen molar-refractivity contribution in [2.45, 2.75) is 24.9 Å². The maximum Gasteiger partial charge on any atom is 0.434 e. The Balaban J connectivity index is 1.80. The van der Waals surface area contributed by atoms with Crippen molar-refractivity contribution in [2.24, 2.45) is 0 Å². The van der Waals surface area contributed by atoms with Crippen molar-refractivity contribution < 1.29 is 26.7 Å². The van der Waals surface area contributed by atoms with Gasteiger partial charge in [0.1, 0.15) is 17.4 Å². The lowest BCUT2D eigenvalue weighted by Gasteiger charge is -2.40. The number of alkyl halides is 5. The molecule has 30 heavy (non-hydrogen) atoms. The monoisotopic (exact) mass is 428 g/mol. The van der Waals surface area contributed by atoms with E-state index in [1.165, 1.54) is 17.0 Å². The molecular formula is C18H17F5N6O. The summed E-state index contributed by atoms with van der Waals surface area (Å²) in [6.45, 7) is -0.588. The molecule has 2 aromatic rings. The average Bonchev–Trinajstić information content (AvgIpc) is 2.65. The number of rotatable bonds is 3. The highest BCUT2D eigenvalue weighted by molar-refractivity contribution is 5.81. The highest BCUT2D eigenvalue weighted by Crippen LogP contribution is 2.38. The summed E-state index contributed by atoms with van der Waals surface area (Å²) in [6.07, 6.45) is -4.29. The molecular weight excluding hydrogens is 411 g/mol. The molecule has 4 heterocycles. The molecule has 0 aromatic carbocycles. The molecule has 0 bridgehead atoms. The number of nitrogens with zero attached hydrogens (tertiary/aromatic N) is 5. The number of halogens is 5. The standard InChI is InChI=1S/C18H17F5N6O/c19-17(20)8-29(9-17)14-7-12(11-1-2-13(24)26-15(11)18(21,22)23)25-16(27-14)28-5-3-10(30)4-6-28/h1-2,7H,3-6,8-9H2,(H2,24,26). The number of pyridine rings is 1. The first-order chi connectivity index (χ1) is 14.0. The SMILES string of the molecule is Nc1ccc(-c2cc(N3CC(F)(F)C3)nc(N3CCC(=O)CC3)n2)c(C(F)(F)F)n1. The number of carbonyl (C=O) groups excluding carboxylic acids is 1. The van der Waals surface area contributed by atoms with Gasteiger partial charge >= 0.3 is 6.18 Å². The zero-order chi connectivity index (χ0) is 21.7. The zero-order valence-electron chi connectivity index (χ0n) is 15.6. The van der Waals surface area contributed by atoms with E-state index < -0.39 is 30.9 Å². The van der Waals surface area contributed by atoms with Crippen LogP contribution < -0.4 is 15.5 Å². The quantitative estimate of drug-likeness (QED) is 0.752. The predicted molar refractivity (Wildman–Crippen MR) is 98.3 cm³/mol. The number of hydrogen-bond donors (Lipinski definition) is 1. The number of aromatic nitrogens is 3. The summed E-state index contributed by atoms with van der Waals surface area (Å²) in [4.78, 5) is 26.4. The van der Waals surface area contributed by atoms with Gasteiger partial charge in [-0.2, -0.15) is 18.2 Å². The largest absolute Gasteiger partial charge is 0.434 e. The Hall–Kier alpha value is -3.05. The van der Waals surface area contributed by atoms with Crippen molar-refractivity contribution in [3.8, 4) is 11.3 Å². The van der Waals surface area contributed by atoms with E-state index >= 15 is 0 Å². The Kier molecular flexibility index (Phi) is 4.74. The lowest BCUT2D eigenvalue weighted by Crippen LogP contribution is -2.56. The highest BCUT2D eigenvalue weighted by atomic mass is 19.4. The van der Waals surface area contributed by atoms with Crippen LogP contribution in [0, 0.1) is 0 Å². The van der Waals surface area contributed by atoms with Gasteiger partial charge in [0.25, 0.3) is 5.92 Å². The van der Waals surface area contributed by atoms with E-state index in [-0.39, 0.29) is 47.5 Å². The maximum absolute atomic E-state index is 13.5. The van der Waals surface area contributed by atoms with Gasteiger partial charge < -0.3 is 15.5 Å². The van der Waals surface area contributed by atoms with E-state index in [2.05, 4.69) is 15.0 Å². The van der Waals surface area contributed by atoms with Gasteiger partial charge in [-0.25, -0.2) is 18.7 Å². The minimum absolute atomic E-state index is 0.0621. The molecule has 12 heteroatoms. The Bertz CT molecular complexity index is 978. The number of nitrogens with two attached hydrogens (primary N) is 1. The minimum Gasteiger partial charge on any atom is -0.384 e.